The molecule has 7 heteroatoms. The van der Waals surface area contributed by atoms with Gasteiger partial charge >= 0.3 is 0 Å². The average Bonchev–Trinajstić information content (AvgIpc) is 2.79. The van der Waals surface area contributed by atoms with E-state index in [2.05, 4.69) is 0 Å². The zero-order valence-electron chi connectivity index (χ0n) is 11.3. The van der Waals surface area contributed by atoms with Gasteiger partial charge in [0, 0.05) is 30.7 Å². The highest BCUT2D eigenvalue weighted by Crippen LogP contribution is 2.32. The summed E-state index contributed by atoms with van der Waals surface area (Å²) in [5, 5.41) is 0. The van der Waals surface area contributed by atoms with Crippen LogP contribution < -0.4 is 4.74 Å². The van der Waals surface area contributed by atoms with Crippen LogP contribution in [-0.4, -0.2) is 38.9 Å². The lowest BCUT2D eigenvalue weighted by Crippen LogP contribution is -2.39. The van der Waals surface area contributed by atoms with Gasteiger partial charge in [-0.15, -0.1) is 0 Å². The lowest BCUT2D eigenvalue weighted by Gasteiger charge is -2.19. The SMILES string of the molecule is CCCN(C)C(=O)C1Cc2cc(S(=O)(=O)Cl)ccc2O1. The molecular formula is C13H16ClNO4S. The van der Waals surface area contributed by atoms with Gasteiger partial charge in [-0.25, -0.2) is 8.42 Å². The van der Waals surface area contributed by atoms with Crippen LogP contribution in [0.25, 0.3) is 0 Å². The predicted octanol–water partition coefficient (Wildman–Crippen LogP) is 1.79. The summed E-state index contributed by atoms with van der Waals surface area (Å²) in [5.41, 5.74) is 0.690. The van der Waals surface area contributed by atoms with Gasteiger partial charge in [0.1, 0.15) is 5.75 Å². The van der Waals surface area contributed by atoms with E-state index in [0.29, 0.717) is 24.3 Å². The molecule has 5 nitrogen and oxygen atoms in total. The molecule has 1 amide bonds. The molecule has 0 bridgehead atoms. The van der Waals surface area contributed by atoms with Crippen molar-refractivity contribution in [2.24, 2.45) is 0 Å². The fourth-order valence-electron chi connectivity index (χ4n) is 2.21. The number of carbonyl (C=O) groups excluding carboxylic acids is 1. The first-order valence-electron chi connectivity index (χ1n) is 6.32. The van der Waals surface area contributed by atoms with Crippen LogP contribution in [-0.2, 0) is 20.3 Å². The minimum absolute atomic E-state index is 0.0246. The van der Waals surface area contributed by atoms with Crippen LogP contribution in [0.4, 0.5) is 0 Å². The van der Waals surface area contributed by atoms with Crippen molar-refractivity contribution < 1.29 is 17.9 Å². The summed E-state index contributed by atoms with van der Waals surface area (Å²) in [6, 6.07) is 4.38. The van der Waals surface area contributed by atoms with Crippen LogP contribution in [0.15, 0.2) is 23.1 Å². The molecule has 20 heavy (non-hydrogen) atoms. The number of nitrogens with zero attached hydrogens (tertiary/aromatic N) is 1. The van der Waals surface area contributed by atoms with E-state index in [4.69, 9.17) is 15.4 Å². The second-order valence-corrected chi connectivity index (χ2v) is 7.34. The number of ether oxygens (including phenoxy) is 1. The number of benzene rings is 1. The van der Waals surface area contributed by atoms with Crippen LogP contribution in [0, 0.1) is 0 Å². The fraction of sp³-hybridized carbons (Fsp3) is 0.462. The van der Waals surface area contributed by atoms with Crippen LogP contribution in [0.5, 0.6) is 5.75 Å². The van der Waals surface area contributed by atoms with Crippen molar-refractivity contribution in [2.45, 2.75) is 30.8 Å². The third-order valence-corrected chi connectivity index (χ3v) is 4.55. The third-order valence-electron chi connectivity index (χ3n) is 3.20. The molecule has 0 radical (unpaired) electrons. The quantitative estimate of drug-likeness (QED) is 0.794. The molecule has 1 aromatic rings. The Morgan fingerprint density at radius 1 is 1.50 bits per heavy atom. The summed E-state index contributed by atoms with van der Waals surface area (Å²) in [7, 11) is 3.27. The maximum absolute atomic E-state index is 12.1. The van der Waals surface area contributed by atoms with Crippen LogP contribution in [0.3, 0.4) is 0 Å². The third kappa shape index (κ3) is 3.07. The van der Waals surface area contributed by atoms with E-state index in [0.717, 1.165) is 6.42 Å². The summed E-state index contributed by atoms with van der Waals surface area (Å²) in [5.74, 6) is 0.440. The Bertz CT molecular complexity index is 629. The van der Waals surface area contributed by atoms with E-state index in [9.17, 15) is 13.2 Å². The topological polar surface area (TPSA) is 63.7 Å². The number of hydrogen-bond donors (Lipinski definition) is 0. The lowest BCUT2D eigenvalue weighted by atomic mass is 10.1. The highest BCUT2D eigenvalue weighted by molar-refractivity contribution is 8.13. The van der Waals surface area contributed by atoms with Crippen molar-refractivity contribution in [3.63, 3.8) is 0 Å². The maximum atomic E-state index is 12.1. The number of hydrogen-bond acceptors (Lipinski definition) is 4. The van der Waals surface area contributed by atoms with Crippen molar-refractivity contribution in [2.75, 3.05) is 13.6 Å². The lowest BCUT2D eigenvalue weighted by molar-refractivity contribution is -0.136. The van der Waals surface area contributed by atoms with Gasteiger partial charge in [0.15, 0.2) is 6.10 Å². The van der Waals surface area contributed by atoms with E-state index < -0.39 is 15.2 Å². The van der Waals surface area contributed by atoms with Crippen molar-refractivity contribution in [3.05, 3.63) is 23.8 Å². The monoisotopic (exact) mass is 317 g/mol. The highest BCUT2D eigenvalue weighted by Gasteiger charge is 2.31. The van der Waals surface area contributed by atoms with Crippen molar-refractivity contribution in [1.29, 1.82) is 0 Å². The second-order valence-electron chi connectivity index (χ2n) is 4.78. The molecule has 1 heterocycles. The Kier molecular flexibility index (Phi) is 4.25. The van der Waals surface area contributed by atoms with Gasteiger partial charge in [-0.2, -0.15) is 0 Å². The smallest absolute Gasteiger partial charge is 0.263 e. The molecule has 1 aliphatic rings. The normalized spacial score (nSPS) is 17.4. The van der Waals surface area contributed by atoms with E-state index in [1.807, 2.05) is 6.92 Å². The molecule has 0 aromatic heterocycles. The molecule has 0 aliphatic carbocycles. The molecule has 110 valence electrons. The first kappa shape index (κ1) is 15.1. The van der Waals surface area contributed by atoms with Gasteiger partial charge in [-0.05, 0) is 30.2 Å². The number of halogens is 1. The molecule has 1 aromatic carbocycles. The first-order valence-corrected chi connectivity index (χ1v) is 8.63. The molecular weight excluding hydrogens is 302 g/mol. The van der Waals surface area contributed by atoms with Gasteiger partial charge in [0.2, 0.25) is 0 Å². The molecule has 2 rings (SSSR count). The highest BCUT2D eigenvalue weighted by atomic mass is 35.7. The molecule has 0 spiro atoms. The largest absolute Gasteiger partial charge is 0.480 e. The molecule has 1 aliphatic heterocycles. The number of likely N-dealkylation sites (N-methyl/N-ethyl adjacent to an activating group) is 1. The van der Waals surface area contributed by atoms with Crippen molar-refractivity contribution >= 4 is 25.6 Å². The zero-order valence-corrected chi connectivity index (χ0v) is 12.9. The zero-order chi connectivity index (χ0) is 14.9. The average molecular weight is 318 g/mol. The number of carbonyl (C=O) groups is 1. The van der Waals surface area contributed by atoms with E-state index >= 15 is 0 Å². The van der Waals surface area contributed by atoms with Gasteiger partial charge in [-0.3, -0.25) is 4.79 Å². The Labute approximate surface area is 122 Å². The maximum Gasteiger partial charge on any atom is 0.263 e. The molecule has 1 atom stereocenters. The number of rotatable bonds is 4. The number of fused-ring (bicyclic) bond motifs is 1. The Morgan fingerprint density at radius 2 is 2.20 bits per heavy atom. The predicted molar refractivity (Wildman–Crippen MR) is 75.5 cm³/mol. The summed E-state index contributed by atoms with van der Waals surface area (Å²) < 4.78 is 28.2. The second kappa shape index (κ2) is 5.61. The first-order chi connectivity index (χ1) is 9.32. The Hall–Kier alpha value is -1.27. The van der Waals surface area contributed by atoms with Crippen LogP contribution in [0.1, 0.15) is 18.9 Å². The summed E-state index contributed by atoms with van der Waals surface area (Å²) in [6.07, 6.45) is 0.647. The molecule has 1 unspecified atom stereocenters. The van der Waals surface area contributed by atoms with Gasteiger partial charge in [-0.1, -0.05) is 6.92 Å². The fourth-order valence-corrected chi connectivity index (χ4v) is 3.01. The van der Waals surface area contributed by atoms with Gasteiger partial charge in [0.05, 0.1) is 4.90 Å². The Morgan fingerprint density at radius 3 is 2.80 bits per heavy atom. The van der Waals surface area contributed by atoms with E-state index in [-0.39, 0.29) is 10.8 Å². The van der Waals surface area contributed by atoms with E-state index in [1.54, 1.807) is 11.9 Å². The number of amides is 1. The van der Waals surface area contributed by atoms with Gasteiger partial charge in [0.25, 0.3) is 15.0 Å². The van der Waals surface area contributed by atoms with Crippen molar-refractivity contribution in [1.82, 2.24) is 4.90 Å². The van der Waals surface area contributed by atoms with Crippen molar-refractivity contribution in [3.8, 4) is 5.75 Å². The van der Waals surface area contributed by atoms with E-state index in [1.165, 1.54) is 18.2 Å². The summed E-state index contributed by atoms with van der Waals surface area (Å²) in [4.78, 5) is 13.8. The Balaban J connectivity index is 2.18. The summed E-state index contributed by atoms with van der Waals surface area (Å²) >= 11 is 0. The summed E-state index contributed by atoms with van der Waals surface area (Å²) in [6.45, 7) is 2.65. The van der Waals surface area contributed by atoms with Crippen LogP contribution >= 0.6 is 10.7 Å². The standard InChI is InChI=1S/C13H16ClNO4S/c1-3-6-15(2)13(16)12-8-9-7-10(20(14,17)18)4-5-11(9)19-12/h4-5,7,12H,3,6,8H2,1-2H3. The van der Waals surface area contributed by atoms with Crippen LogP contribution in [0.2, 0.25) is 0 Å². The molecule has 0 saturated heterocycles. The van der Waals surface area contributed by atoms with Gasteiger partial charge < -0.3 is 9.64 Å². The minimum Gasteiger partial charge on any atom is -0.480 e. The molecule has 0 fully saturated rings. The molecule has 0 saturated carbocycles. The minimum atomic E-state index is -3.77. The molecule has 0 N–H and O–H groups in total.